The zero-order valence-corrected chi connectivity index (χ0v) is 8.15. The van der Waals surface area contributed by atoms with E-state index in [4.69, 9.17) is 0 Å². The van der Waals surface area contributed by atoms with Crippen molar-refractivity contribution in [1.82, 2.24) is 5.32 Å². The van der Waals surface area contributed by atoms with Gasteiger partial charge in [0, 0.05) is 28.4 Å². The van der Waals surface area contributed by atoms with Crippen LogP contribution in [0.25, 0.3) is 0 Å². The third kappa shape index (κ3) is 2.50. The molecule has 3 nitrogen and oxygen atoms in total. The Morgan fingerprint density at radius 2 is 2.33 bits per heavy atom. The van der Waals surface area contributed by atoms with Crippen molar-refractivity contribution in [3.63, 3.8) is 0 Å². The van der Waals surface area contributed by atoms with Crippen LogP contribution in [0.2, 0.25) is 0 Å². The second-order valence-electron chi connectivity index (χ2n) is 2.98. The van der Waals surface area contributed by atoms with E-state index >= 15 is 0 Å². The molecule has 0 atom stereocenters. The minimum atomic E-state index is -0.663. The van der Waals surface area contributed by atoms with Gasteiger partial charge in [0.1, 0.15) is 0 Å². The number of rotatable bonds is 2. The van der Waals surface area contributed by atoms with Crippen molar-refractivity contribution >= 4 is 21.8 Å². The largest absolute Gasteiger partial charge is 0.388 e. The molecule has 0 unspecified atom stereocenters. The number of halogens is 1. The zero-order chi connectivity index (χ0) is 9.03. The van der Waals surface area contributed by atoms with Gasteiger partial charge < -0.3 is 10.4 Å². The summed E-state index contributed by atoms with van der Waals surface area (Å²) in [5, 5.41) is 12.1. The monoisotopic (exact) mass is 231 g/mol. The molecule has 1 aliphatic carbocycles. The predicted octanol–water partition coefficient (Wildman–Crippen LogP) is 0.373. The maximum absolute atomic E-state index is 10.8. The third-order valence-electron chi connectivity index (χ3n) is 2.02. The average Bonchev–Trinajstić information content (AvgIpc) is 1.98. The molecule has 1 saturated carbocycles. The first-order valence-electron chi connectivity index (χ1n) is 3.78. The molecule has 4 heteroatoms. The number of hydrogen-bond donors (Lipinski definition) is 2. The van der Waals surface area contributed by atoms with Crippen molar-refractivity contribution in [2.45, 2.75) is 24.9 Å². The highest BCUT2D eigenvalue weighted by molar-refractivity contribution is 9.12. The summed E-state index contributed by atoms with van der Waals surface area (Å²) in [5.41, 5.74) is -0.663. The van der Waals surface area contributed by atoms with Crippen molar-refractivity contribution in [3.05, 3.63) is 0 Å². The first-order chi connectivity index (χ1) is 5.66. The van der Waals surface area contributed by atoms with Crippen molar-refractivity contribution in [3.8, 4) is 10.8 Å². The summed E-state index contributed by atoms with van der Waals surface area (Å²) in [6, 6.07) is 0. The SMILES string of the molecule is O=C(C#CBr)NCC1(O)CCC1. The molecule has 1 rings (SSSR count). The molecule has 0 heterocycles. The Morgan fingerprint density at radius 1 is 1.67 bits per heavy atom. The summed E-state index contributed by atoms with van der Waals surface area (Å²) in [6.07, 6.45) is 2.58. The maximum atomic E-state index is 10.8. The summed E-state index contributed by atoms with van der Waals surface area (Å²) in [4.78, 5) is 13.1. The van der Waals surface area contributed by atoms with E-state index in [1.165, 1.54) is 0 Å². The molecular formula is C8H10BrNO2. The Morgan fingerprint density at radius 3 is 2.75 bits per heavy atom. The van der Waals surface area contributed by atoms with E-state index in [0.29, 0.717) is 6.54 Å². The van der Waals surface area contributed by atoms with Gasteiger partial charge in [-0.1, -0.05) is 0 Å². The van der Waals surface area contributed by atoms with Gasteiger partial charge in [0.2, 0.25) is 0 Å². The number of carbonyl (C=O) groups is 1. The topological polar surface area (TPSA) is 49.3 Å². The Labute approximate surface area is 79.7 Å². The molecule has 66 valence electrons. The molecule has 0 aromatic rings. The lowest BCUT2D eigenvalue weighted by Crippen LogP contribution is -2.47. The van der Waals surface area contributed by atoms with Crippen LogP contribution >= 0.6 is 15.9 Å². The molecule has 0 spiro atoms. The molecule has 0 aromatic carbocycles. The second kappa shape index (κ2) is 3.92. The van der Waals surface area contributed by atoms with Gasteiger partial charge in [-0.25, -0.2) is 0 Å². The minimum Gasteiger partial charge on any atom is -0.388 e. The Hall–Kier alpha value is -0.530. The van der Waals surface area contributed by atoms with Crippen molar-refractivity contribution < 1.29 is 9.90 Å². The minimum absolute atomic E-state index is 0.313. The Bertz CT molecular complexity index is 237. The summed E-state index contributed by atoms with van der Waals surface area (Å²) in [5.74, 6) is 1.92. The summed E-state index contributed by atoms with van der Waals surface area (Å²) < 4.78 is 0. The quantitative estimate of drug-likeness (QED) is 0.676. The predicted molar refractivity (Wildman–Crippen MR) is 48.5 cm³/mol. The molecular weight excluding hydrogens is 222 g/mol. The normalized spacial score (nSPS) is 18.5. The Balaban J connectivity index is 2.23. The summed E-state index contributed by atoms with van der Waals surface area (Å²) in [6.45, 7) is 0.313. The van der Waals surface area contributed by atoms with Gasteiger partial charge in [-0.3, -0.25) is 4.79 Å². The number of carbonyl (C=O) groups excluding carboxylic acids is 1. The third-order valence-corrected chi connectivity index (χ3v) is 2.22. The van der Waals surface area contributed by atoms with Crippen LogP contribution in [0, 0.1) is 10.8 Å². The van der Waals surface area contributed by atoms with Crippen LogP contribution in [0.5, 0.6) is 0 Å². The van der Waals surface area contributed by atoms with Crippen LogP contribution in [-0.4, -0.2) is 23.2 Å². The van der Waals surface area contributed by atoms with Gasteiger partial charge in [0.15, 0.2) is 0 Å². The van der Waals surface area contributed by atoms with E-state index in [1.807, 2.05) is 0 Å². The van der Waals surface area contributed by atoms with Crippen molar-refractivity contribution in [2.75, 3.05) is 6.54 Å². The summed E-state index contributed by atoms with van der Waals surface area (Å²) in [7, 11) is 0. The smallest absolute Gasteiger partial charge is 0.296 e. The van der Waals surface area contributed by atoms with Crippen LogP contribution in [0.4, 0.5) is 0 Å². The van der Waals surface area contributed by atoms with E-state index in [0.717, 1.165) is 19.3 Å². The van der Waals surface area contributed by atoms with Gasteiger partial charge in [0.05, 0.1) is 5.60 Å². The van der Waals surface area contributed by atoms with Gasteiger partial charge in [-0.05, 0) is 24.1 Å². The van der Waals surface area contributed by atoms with Crippen LogP contribution in [0.3, 0.4) is 0 Å². The van der Waals surface area contributed by atoms with E-state index < -0.39 is 5.60 Å². The Kier molecular flexibility index (Phi) is 3.12. The van der Waals surface area contributed by atoms with E-state index in [2.05, 4.69) is 32.0 Å². The van der Waals surface area contributed by atoms with Gasteiger partial charge in [0.25, 0.3) is 5.91 Å². The van der Waals surface area contributed by atoms with Crippen LogP contribution < -0.4 is 5.32 Å². The van der Waals surface area contributed by atoms with Crippen LogP contribution in [-0.2, 0) is 4.79 Å². The molecule has 1 fully saturated rings. The van der Waals surface area contributed by atoms with Crippen LogP contribution in [0.1, 0.15) is 19.3 Å². The number of nitrogens with one attached hydrogen (secondary N) is 1. The first kappa shape index (κ1) is 9.56. The molecule has 1 aliphatic rings. The molecule has 0 aliphatic heterocycles. The lowest BCUT2D eigenvalue weighted by molar-refractivity contribution is -0.118. The highest BCUT2D eigenvalue weighted by atomic mass is 79.9. The fourth-order valence-electron chi connectivity index (χ4n) is 1.09. The molecule has 0 saturated heterocycles. The van der Waals surface area contributed by atoms with Gasteiger partial charge in [-0.15, -0.1) is 0 Å². The molecule has 1 amide bonds. The number of amides is 1. The van der Waals surface area contributed by atoms with Crippen molar-refractivity contribution in [1.29, 1.82) is 0 Å². The second-order valence-corrected chi connectivity index (χ2v) is 3.38. The standard InChI is InChI=1S/C8H10BrNO2/c9-5-2-7(11)10-6-8(12)3-1-4-8/h12H,1,3-4,6H2,(H,10,11). The van der Waals surface area contributed by atoms with E-state index in [9.17, 15) is 9.90 Å². The lowest BCUT2D eigenvalue weighted by atomic mass is 9.80. The molecule has 0 aromatic heterocycles. The fourth-order valence-corrected chi connectivity index (χ4v) is 1.27. The van der Waals surface area contributed by atoms with E-state index in [1.54, 1.807) is 0 Å². The molecule has 12 heavy (non-hydrogen) atoms. The lowest BCUT2D eigenvalue weighted by Gasteiger charge is -2.36. The van der Waals surface area contributed by atoms with Gasteiger partial charge in [-0.2, -0.15) is 0 Å². The maximum Gasteiger partial charge on any atom is 0.296 e. The van der Waals surface area contributed by atoms with E-state index in [-0.39, 0.29) is 5.91 Å². The van der Waals surface area contributed by atoms with Crippen LogP contribution in [0.15, 0.2) is 0 Å². The summed E-state index contributed by atoms with van der Waals surface area (Å²) >= 11 is 2.82. The first-order valence-corrected chi connectivity index (χ1v) is 4.57. The molecule has 0 bridgehead atoms. The highest BCUT2D eigenvalue weighted by Gasteiger charge is 2.34. The molecule has 0 radical (unpaired) electrons. The van der Waals surface area contributed by atoms with Crippen molar-refractivity contribution in [2.24, 2.45) is 0 Å². The molecule has 2 N–H and O–H groups in total. The zero-order valence-electron chi connectivity index (χ0n) is 6.56. The highest BCUT2D eigenvalue weighted by Crippen LogP contribution is 2.30. The average molecular weight is 232 g/mol. The fraction of sp³-hybridized carbons (Fsp3) is 0.625. The number of aliphatic hydroxyl groups is 1. The van der Waals surface area contributed by atoms with Gasteiger partial charge >= 0.3 is 0 Å². The number of hydrogen-bond acceptors (Lipinski definition) is 2.